The number of carbonyl (C=O) groups excluding carboxylic acids is 3. The third-order valence-electron chi connectivity index (χ3n) is 8.90. The van der Waals surface area contributed by atoms with E-state index in [0.29, 0.717) is 63.6 Å². The number of anilines is 1. The van der Waals surface area contributed by atoms with E-state index in [-0.39, 0.29) is 30.2 Å². The lowest BCUT2D eigenvalue weighted by atomic mass is 9.70. The molecule has 3 amide bonds. The predicted octanol–water partition coefficient (Wildman–Crippen LogP) is 1.25. The van der Waals surface area contributed by atoms with Crippen LogP contribution in [-0.2, 0) is 23.9 Å². The number of hydrogen-bond acceptors (Lipinski definition) is 8. The molecule has 1 aromatic carbocycles. The number of nitrogens with zero attached hydrogens (tertiary/aromatic N) is 2. The summed E-state index contributed by atoms with van der Waals surface area (Å²) in [7, 11) is 0. The molecule has 4 aliphatic rings. The summed E-state index contributed by atoms with van der Waals surface area (Å²) in [5.74, 6) is -1.49. The Hall–Kier alpha value is -2.73. The molecule has 3 N–H and O–H groups in total. The number of amides is 3. The maximum absolute atomic E-state index is 14.2. The highest BCUT2D eigenvalue weighted by Gasteiger charge is 2.75. The van der Waals surface area contributed by atoms with Gasteiger partial charge in [0.2, 0.25) is 17.7 Å². The highest BCUT2D eigenvalue weighted by atomic mass is 16.5. The molecule has 0 aliphatic carbocycles. The van der Waals surface area contributed by atoms with Crippen molar-refractivity contribution in [1.29, 1.82) is 0 Å². The van der Waals surface area contributed by atoms with Crippen LogP contribution in [0.1, 0.15) is 40.0 Å². The molecular formula is C30H44N4O7. The molecule has 4 aliphatic heterocycles. The van der Waals surface area contributed by atoms with E-state index in [2.05, 4.69) is 15.5 Å². The van der Waals surface area contributed by atoms with Crippen LogP contribution < -0.4 is 15.4 Å². The monoisotopic (exact) mass is 572 g/mol. The molecule has 11 heteroatoms. The first-order chi connectivity index (χ1) is 19.8. The quantitative estimate of drug-likeness (QED) is 0.341. The molecule has 6 atom stereocenters. The number of hydrogen-bond donors (Lipinski definition) is 3. The second-order valence-corrected chi connectivity index (χ2v) is 12.0. The predicted molar refractivity (Wildman–Crippen MR) is 151 cm³/mol. The molecule has 2 unspecified atom stereocenters. The Morgan fingerprint density at radius 3 is 2.56 bits per heavy atom. The van der Waals surface area contributed by atoms with Crippen molar-refractivity contribution in [2.24, 2.45) is 17.8 Å². The molecule has 0 aromatic heterocycles. The summed E-state index contributed by atoms with van der Waals surface area (Å²) in [6.45, 7) is 10.3. The van der Waals surface area contributed by atoms with Crippen molar-refractivity contribution in [2.45, 2.75) is 63.8 Å². The Kier molecular flexibility index (Phi) is 9.18. The van der Waals surface area contributed by atoms with Crippen molar-refractivity contribution in [3.05, 3.63) is 24.3 Å². The van der Waals surface area contributed by atoms with Gasteiger partial charge < -0.3 is 34.9 Å². The van der Waals surface area contributed by atoms with Gasteiger partial charge in [-0.2, -0.15) is 0 Å². The highest BCUT2D eigenvalue weighted by Crippen LogP contribution is 2.59. The molecule has 226 valence electrons. The summed E-state index contributed by atoms with van der Waals surface area (Å²) in [5, 5.41) is 16.4. The maximum Gasteiger partial charge on any atom is 0.245 e. The standard InChI is InChI=1S/C30H44N4O7/c1-4-40-22-7-5-20(6-8-22)32-27(36)24-23-9-10-30(41-23)25(24)29(38)34(21(18-35)17-19(2)3)26(30)28(37)31-11-12-33-13-15-39-16-14-33/h5-8,19,21,23-26,35H,4,9-18H2,1-3H3,(H,31,37)(H,32,36)/t21-,23+,24-,25+,26?,30?/m1/s1. The Labute approximate surface area is 241 Å². The van der Waals surface area contributed by atoms with E-state index in [1.807, 2.05) is 20.8 Å². The summed E-state index contributed by atoms with van der Waals surface area (Å²) in [6.07, 6.45) is 1.19. The summed E-state index contributed by atoms with van der Waals surface area (Å²) in [5.41, 5.74) is -0.501. The highest BCUT2D eigenvalue weighted by molar-refractivity contribution is 6.02. The zero-order valence-corrected chi connectivity index (χ0v) is 24.3. The minimum atomic E-state index is -1.10. The van der Waals surface area contributed by atoms with Gasteiger partial charge in [0.25, 0.3) is 0 Å². The van der Waals surface area contributed by atoms with Crippen LogP contribution in [0.15, 0.2) is 24.3 Å². The van der Waals surface area contributed by atoms with Crippen LogP contribution in [0.3, 0.4) is 0 Å². The van der Waals surface area contributed by atoms with Crippen molar-refractivity contribution < 1.29 is 33.7 Å². The maximum atomic E-state index is 14.2. The number of likely N-dealkylation sites (tertiary alicyclic amines) is 1. The lowest BCUT2D eigenvalue weighted by Crippen LogP contribution is -2.58. The summed E-state index contributed by atoms with van der Waals surface area (Å²) in [4.78, 5) is 45.6. The molecule has 4 saturated heterocycles. The second kappa shape index (κ2) is 12.6. The van der Waals surface area contributed by atoms with Crippen LogP contribution in [0.4, 0.5) is 5.69 Å². The largest absolute Gasteiger partial charge is 0.494 e. The number of rotatable bonds is 12. The van der Waals surface area contributed by atoms with Crippen LogP contribution in [0, 0.1) is 17.8 Å². The molecule has 4 fully saturated rings. The number of nitrogens with one attached hydrogen (secondary N) is 2. The first-order valence-corrected chi connectivity index (χ1v) is 15.0. The van der Waals surface area contributed by atoms with Crippen molar-refractivity contribution in [3.8, 4) is 5.75 Å². The first kappa shape index (κ1) is 29.8. The van der Waals surface area contributed by atoms with Crippen LogP contribution in [-0.4, -0.2) is 109 Å². The lowest BCUT2D eigenvalue weighted by molar-refractivity contribution is -0.145. The van der Waals surface area contributed by atoms with Gasteiger partial charge in [-0.3, -0.25) is 19.3 Å². The fraction of sp³-hybridized carbons (Fsp3) is 0.700. The smallest absolute Gasteiger partial charge is 0.245 e. The van der Waals surface area contributed by atoms with Crippen molar-refractivity contribution >= 4 is 23.4 Å². The average molecular weight is 573 g/mol. The van der Waals surface area contributed by atoms with E-state index in [1.165, 1.54) is 0 Å². The Balaban J connectivity index is 1.37. The number of aliphatic hydroxyl groups excluding tert-OH is 1. The first-order valence-electron chi connectivity index (χ1n) is 15.0. The van der Waals surface area contributed by atoms with Gasteiger partial charge in [-0.1, -0.05) is 13.8 Å². The van der Waals surface area contributed by atoms with Gasteiger partial charge >= 0.3 is 0 Å². The summed E-state index contributed by atoms with van der Waals surface area (Å²) < 4.78 is 17.4. The van der Waals surface area contributed by atoms with E-state index in [9.17, 15) is 19.5 Å². The van der Waals surface area contributed by atoms with Gasteiger partial charge in [-0.05, 0) is 56.4 Å². The molecular weight excluding hydrogens is 528 g/mol. The van der Waals surface area contributed by atoms with Gasteiger partial charge in [0.05, 0.1) is 50.4 Å². The van der Waals surface area contributed by atoms with Crippen molar-refractivity contribution in [2.75, 3.05) is 57.9 Å². The number of benzene rings is 1. The van der Waals surface area contributed by atoms with E-state index in [1.54, 1.807) is 29.2 Å². The average Bonchev–Trinajstić information content (AvgIpc) is 3.60. The van der Waals surface area contributed by atoms with E-state index in [4.69, 9.17) is 14.2 Å². The zero-order chi connectivity index (χ0) is 29.1. The molecule has 0 saturated carbocycles. The Bertz CT molecular complexity index is 1090. The molecule has 5 rings (SSSR count). The van der Waals surface area contributed by atoms with Gasteiger partial charge in [-0.25, -0.2) is 0 Å². The van der Waals surface area contributed by atoms with Crippen molar-refractivity contribution in [3.63, 3.8) is 0 Å². The van der Waals surface area contributed by atoms with Crippen LogP contribution in [0.25, 0.3) is 0 Å². The molecule has 41 heavy (non-hydrogen) atoms. The number of carbonyl (C=O) groups is 3. The van der Waals surface area contributed by atoms with Crippen LogP contribution >= 0.6 is 0 Å². The molecule has 0 radical (unpaired) electrons. The van der Waals surface area contributed by atoms with Crippen molar-refractivity contribution in [1.82, 2.24) is 15.1 Å². The topological polar surface area (TPSA) is 130 Å². The van der Waals surface area contributed by atoms with Crippen LogP contribution in [0.5, 0.6) is 5.75 Å². The third kappa shape index (κ3) is 5.82. The Morgan fingerprint density at radius 2 is 1.90 bits per heavy atom. The van der Waals surface area contributed by atoms with E-state index in [0.717, 1.165) is 13.1 Å². The third-order valence-corrected chi connectivity index (χ3v) is 8.90. The van der Waals surface area contributed by atoms with E-state index < -0.39 is 35.6 Å². The minimum absolute atomic E-state index is 0.193. The zero-order valence-electron chi connectivity index (χ0n) is 24.3. The number of aliphatic hydroxyl groups is 1. The molecule has 1 spiro atoms. The fourth-order valence-electron chi connectivity index (χ4n) is 7.19. The molecule has 4 heterocycles. The number of fused-ring (bicyclic) bond motifs is 1. The van der Waals surface area contributed by atoms with Gasteiger partial charge in [0.1, 0.15) is 17.4 Å². The Morgan fingerprint density at radius 1 is 1.17 bits per heavy atom. The fourth-order valence-corrected chi connectivity index (χ4v) is 7.19. The molecule has 11 nitrogen and oxygen atoms in total. The normalized spacial score (nSPS) is 30.0. The minimum Gasteiger partial charge on any atom is -0.494 e. The van der Waals surface area contributed by atoms with Crippen LogP contribution in [0.2, 0.25) is 0 Å². The molecule has 1 aromatic rings. The van der Waals surface area contributed by atoms with E-state index >= 15 is 0 Å². The lowest BCUT2D eigenvalue weighted by Gasteiger charge is -2.37. The SMILES string of the molecule is CCOc1ccc(NC(=O)[C@@H]2[C@@H]3CCC4(O3)C(C(=O)NCCN3CCOCC3)N([C@@H](CO)CC(C)C)C(=O)[C@H]24)cc1. The van der Waals surface area contributed by atoms with Gasteiger partial charge in [-0.15, -0.1) is 0 Å². The van der Waals surface area contributed by atoms with Gasteiger partial charge in [0.15, 0.2) is 0 Å². The number of ether oxygens (including phenoxy) is 3. The summed E-state index contributed by atoms with van der Waals surface area (Å²) >= 11 is 0. The summed E-state index contributed by atoms with van der Waals surface area (Å²) in [6, 6.07) is 5.66. The molecule has 2 bridgehead atoms. The van der Waals surface area contributed by atoms with Gasteiger partial charge in [0, 0.05) is 31.9 Å². The second-order valence-electron chi connectivity index (χ2n) is 12.0. The number of morpholine rings is 1.